The average Bonchev–Trinajstić information content (AvgIpc) is 2.39. The topological polar surface area (TPSA) is 36.4 Å². The largest absolute Gasteiger partial charge is 0.389 e. The number of hydrogen-bond donors (Lipinski definition) is 1. The molecule has 1 aromatic carbocycles. The third kappa shape index (κ3) is 3.46. The summed E-state index contributed by atoms with van der Waals surface area (Å²) in [4.78, 5) is 6.16. The van der Waals surface area contributed by atoms with Crippen LogP contribution >= 0.6 is 11.6 Å². The van der Waals surface area contributed by atoms with E-state index in [-0.39, 0.29) is 0 Å². The number of benzene rings is 1. The van der Waals surface area contributed by atoms with E-state index in [0.29, 0.717) is 5.02 Å². The van der Waals surface area contributed by atoms with Gasteiger partial charge in [-0.15, -0.1) is 0 Å². The Kier molecular flexibility index (Phi) is 4.40. The summed E-state index contributed by atoms with van der Waals surface area (Å²) < 4.78 is 0. The quantitative estimate of drug-likeness (QED) is 0.929. The molecule has 0 aliphatic heterocycles. The van der Waals surface area contributed by atoms with Gasteiger partial charge >= 0.3 is 0 Å². The average molecular weight is 277 g/mol. The van der Waals surface area contributed by atoms with Crippen LogP contribution < -0.4 is 4.90 Å². The number of rotatable bonds is 4. The van der Waals surface area contributed by atoms with E-state index in [4.69, 9.17) is 11.6 Å². The van der Waals surface area contributed by atoms with Gasteiger partial charge in [0.15, 0.2) is 0 Å². The zero-order valence-electron chi connectivity index (χ0n) is 11.0. The van der Waals surface area contributed by atoms with Crippen molar-refractivity contribution in [1.29, 1.82) is 0 Å². The molecule has 0 saturated carbocycles. The SMILES string of the molecule is C[C@@H](O)c1ccc(N(C)Cc2cccnc2)c(Cl)c1. The fourth-order valence-electron chi connectivity index (χ4n) is 1.94. The third-order valence-corrected chi connectivity index (χ3v) is 3.31. The molecule has 0 amide bonds. The Hall–Kier alpha value is -1.58. The summed E-state index contributed by atoms with van der Waals surface area (Å²) in [6.45, 7) is 2.46. The maximum Gasteiger partial charge on any atom is 0.0762 e. The van der Waals surface area contributed by atoms with Gasteiger partial charge < -0.3 is 10.0 Å². The van der Waals surface area contributed by atoms with E-state index in [1.807, 2.05) is 37.5 Å². The Morgan fingerprint density at radius 2 is 2.16 bits per heavy atom. The van der Waals surface area contributed by atoms with Crippen LogP contribution in [0.5, 0.6) is 0 Å². The van der Waals surface area contributed by atoms with E-state index in [1.165, 1.54) is 0 Å². The molecule has 19 heavy (non-hydrogen) atoms. The summed E-state index contributed by atoms with van der Waals surface area (Å²) in [7, 11) is 1.98. The van der Waals surface area contributed by atoms with E-state index >= 15 is 0 Å². The second kappa shape index (κ2) is 6.04. The van der Waals surface area contributed by atoms with Crippen LogP contribution in [0.15, 0.2) is 42.7 Å². The molecule has 0 unspecified atom stereocenters. The Bertz CT molecular complexity index is 543. The number of nitrogens with zero attached hydrogens (tertiary/aromatic N) is 2. The summed E-state index contributed by atoms with van der Waals surface area (Å²) >= 11 is 6.27. The Labute approximate surface area is 118 Å². The van der Waals surface area contributed by atoms with Crippen LogP contribution in [0.3, 0.4) is 0 Å². The van der Waals surface area contributed by atoms with Crippen molar-refractivity contribution < 1.29 is 5.11 Å². The normalized spacial score (nSPS) is 12.2. The first-order chi connectivity index (χ1) is 9.08. The van der Waals surface area contributed by atoms with Crippen molar-refractivity contribution >= 4 is 17.3 Å². The van der Waals surface area contributed by atoms with Crippen molar-refractivity contribution in [2.75, 3.05) is 11.9 Å². The van der Waals surface area contributed by atoms with E-state index in [9.17, 15) is 5.11 Å². The van der Waals surface area contributed by atoms with Gasteiger partial charge in [-0.05, 0) is 36.2 Å². The lowest BCUT2D eigenvalue weighted by molar-refractivity contribution is 0.199. The standard InChI is InChI=1S/C15H17ClN2O/c1-11(19)13-5-6-15(14(16)8-13)18(2)10-12-4-3-7-17-9-12/h3-9,11,19H,10H2,1-2H3/t11-/m1/s1. The van der Waals surface area contributed by atoms with Gasteiger partial charge in [0, 0.05) is 26.0 Å². The minimum atomic E-state index is -0.504. The smallest absolute Gasteiger partial charge is 0.0762 e. The van der Waals surface area contributed by atoms with Gasteiger partial charge in [-0.25, -0.2) is 0 Å². The highest BCUT2D eigenvalue weighted by Crippen LogP contribution is 2.29. The molecule has 0 radical (unpaired) electrons. The molecule has 3 nitrogen and oxygen atoms in total. The van der Waals surface area contributed by atoms with Crippen molar-refractivity contribution in [2.45, 2.75) is 19.6 Å². The van der Waals surface area contributed by atoms with Crippen LogP contribution in [0.1, 0.15) is 24.2 Å². The van der Waals surface area contributed by atoms with Crippen molar-refractivity contribution in [1.82, 2.24) is 4.98 Å². The highest BCUT2D eigenvalue weighted by Gasteiger charge is 2.09. The molecule has 1 N–H and O–H groups in total. The zero-order valence-corrected chi connectivity index (χ0v) is 11.8. The third-order valence-electron chi connectivity index (χ3n) is 3.01. The van der Waals surface area contributed by atoms with E-state index in [1.54, 1.807) is 19.2 Å². The minimum absolute atomic E-state index is 0.504. The lowest BCUT2D eigenvalue weighted by Gasteiger charge is -2.21. The van der Waals surface area contributed by atoms with Crippen molar-refractivity contribution in [3.8, 4) is 0 Å². The summed E-state index contributed by atoms with van der Waals surface area (Å²) in [5.41, 5.74) is 2.89. The highest BCUT2D eigenvalue weighted by atomic mass is 35.5. The van der Waals surface area contributed by atoms with Gasteiger partial charge in [-0.2, -0.15) is 0 Å². The zero-order chi connectivity index (χ0) is 13.8. The Morgan fingerprint density at radius 1 is 1.37 bits per heavy atom. The van der Waals surface area contributed by atoms with Crippen LogP contribution in [0.4, 0.5) is 5.69 Å². The Balaban J connectivity index is 2.17. The number of halogens is 1. The predicted octanol–water partition coefficient (Wildman–Crippen LogP) is 3.42. The van der Waals surface area contributed by atoms with Crippen LogP contribution in [-0.2, 0) is 6.54 Å². The summed E-state index contributed by atoms with van der Waals surface area (Å²) in [6, 6.07) is 9.58. The van der Waals surface area contributed by atoms with E-state index < -0.39 is 6.10 Å². The Morgan fingerprint density at radius 3 is 2.74 bits per heavy atom. The number of anilines is 1. The number of pyridine rings is 1. The number of aromatic nitrogens is 1. The highest BCUT2D eigenvalue weighted by molar-refractivity contribution is 6.33. The second-order valence-corrected chi connectivity index (χ2v) is 5.01. The summed E-state index contributed by atoms with van der Waals surface area (Å²) in [6.07, 6.45) is 3.10. The number of aliphatic hydroxyl groups excluding tert-OH is 1. The lowest BCUT2D eigenvalue weighted by Crippen LogP contribution is -2.17. The van der Waals surface area contributed by atoms with Crippen LogP contribution in [0.25, 0.3) is 0 Å². The maximum atomic E-state index is 9.53. The molecule has 2 rings (SSSR count). The summed E-state index contributed by atoms with van der Waals surface area (Å²) in [5.74, 6) is 0. The summed E-state index contributed by atoms with van der Waals surface area (Å²) in [5, 5.41) is 10.2. The molecule has 0 fully saturated rings. The second-order valence-electron chi connectivity index (χ2n) is 4.60. The predicted molar refractivity (Wildman–Crippen MR) is 78.4 cm³/mol. The first kappa shape index (κ1) is 13.8. The van der Waals surface area contributed by atoms with Gasteiger partial charge in [-0.1, -0.05) is 23.7 Å². The molecule has 0 spiro atoms. The fourth-order valence-corrected chi connectivity index (χ4v) is 2.28. The fraction of sp³-hybridized carbons (Fsp3) is 0.267. The molecule has 1 heterocycles. The first-order valence-corrected chi connectivity index (χ1v) is 6.53. The van der Waals surface area contributed by atoms with E-state index in [2.05, 4.69) is 9.88 Å². The monoisotopic (exact) mass is 276 g/mol. The maximum absolute atomic E-state index is 9.53. The van der Waals surface area contributed by atoms with Gasteiger partial charge in [-0.3, -0.25) is 4.98 Å². The van der Waals surface area contributed by atoms with E-state index in [0.717, 1.165) is 23.4 Å². The van der Waals surface area contributed by atoms with Crippen molar-refractivity contribution in [3.63, 3.8) is 0 Å². The van der Waals surface area contributed by atoms with Gasteiger partial charge in [0.05, 0.1) is 16.8 Å². The molecule has 1 atom stereocenters. The van der Waals surface area contributed by atoms with Crippen molar-refractivity contribution in [2.24, 2.45) is 0 Å². The van der Waals surface area contributed by atoms with Gasteiger partial charge in [0.25, 0.3) is 0 Å². The molecule has 0 bridgehead atoms. The van der Waals surface area contributed by atoms with Gasteiger partial charge in [0.2, 0.25) is 0 Å². The molecule has 0 aliphatic rings. The lowest BCUT2D eigenvalue weighted by atomic mass is 10.1. The molecule has 100 valence electrons. The molecule has 4 heteroatoms. The minimum Gasteiger partial charge on any atom is -0.389 e. The van der Waals surface area contributed by atoms with Crippen LogP contribution in [0.2, 0.25) is 5.02 Å². The van der Waals surface area contributed by atoms with Crippen LogP contribution in [0, 0.1) is 0 Å². The molecular weight excluding hydrogens is 260 g/mol. The first-order valence-electron chi connectivity index (χ1n) is 6.15. The molecular formula is C15H17ClN2O. The van der Waals surface area contributed by atoms with Gasteiger partial charge in [0.1, 0.15) is 0 Å². The van der Waals surface area contributed by atoms with Crippen molar-refractivity contribution in [3.05, 3.63) is 58.9 Å². The molecule has 1 aromatic heterocycles. The molecule has 2 aromatic rings. The number of hydrogen-bond acceptors (Lipinski definition) is 3. The number of aliphatic hydroxyl groups is 1. The molecule has 0 aliphatic carbocycles. The molecule has 0 saturated heterocycles. The van der Waals surface area contributed by atoms with Crippen LogP contribution in [-0.4, -0.2) is 17.1 Å².